The van der Waals surface area contributed by atoms with Crippen LogP contribution < -0.4 is 5.73 Å². The predicted molar refractivity (Wildman–Crippen MR) is 74.9 cm³/mol. The predicted octanol–water partition coefficient (Wildman–Crippen LogP) is 2.24. The van der Waals surface area contributed by atoms with E-state index in [0.717, 1.165) is 0 Å². The van der Waals surface area contributed by atoms with Crippen LogP contribution in [0, 0.1) is 12.8 Å². The first-order valence-electron chi connectivity index (χ1n) is 6.16. The number of nitrogens with two attached hydrogens (primary N) is 1. The van der Waals surface area contributed by atoms with Crippen molar-refractivity contribution in [2.24, 2.45) is 5.92 Å². The Balaban J connectivity index is 3.28. The summed E-state index contributed by atoms with van der Waals surface area (Å²) in [4.78, 5) is 0.243. The van der Waals surface area contributed by atoms with E-state index in [2.05, 4.69) is 0 Å². The average molecular weight is 270 g/mol. The van der Waals surface area contributed by atoms with Gasteiger partial charge in [-0.05, 0) is 24.5 Å². The first-order chi connectivity index (χ1) is 8.30. The number of hydrogen-bond donors (Lipinski definition) is 1. The van der Waals surface area contributed by atoms with Gasteiger partial charge in [0.25, 0.3) is 0 Å². The van der Waals surface area contributed by atoms with Crippen LogP contribution in [0.5, 0.6) is 0 Å². The maximum Gasteiger partial charge on any atom is 0.245 e. The first kappa shape index (κ1) is 15.0. The van der Waals surface area contributed by atoms with E-state index in [9.17, 15) is 8.42 Å². The molecule has 2 N–H and O–H groups in total. The van der Waals surface area contributed by atoms with Gasteiger partial charge in [0, 0.05) is 13.1 Å². The van der Waals surface area contributed by atoms with Crippen LogP contribution in [0.15, 0.2) is 23.1 Å². The molecule has 0 spiro atoms. The summed E-state index contributed by atoms with van der Waals surface area (Å²) >= 11 is 0. The van der Waals surface area contributed by atoms with Gasteiger partial charge >= 0.3 is 0 Å². The molecule has 1 aromatic rings. The van der Waals surface area contributed by atoms with Crippen molar-refractivity contribution in [2.45, 2.75) is 32.6 Å². The zero-order chi connectivity index (χ0) is 13.9. The highest BCUT2D eigenvalue weighted by Gasteiger charge is 2.27. The van der Waals surface area contributed by atoms with Crippen LogP contribution in [0.2, 0.25) is 0 Å². The third-order valence-electron chi connectivity index (χ3n) is 2.76. The van der Waals surface area contributed by atoms with Gasteiger partial charge in [-0.15, -0.1) is 0 Å². The van der Waals surface area contributed by atoms with Crippen LogP contribution in [-0.2, 0) is 10.0 Å². The summed E-state index contributed by atoms with van der Waals surface area (Å²) in [7, 11) is -3.50. The number of rotatable bonds is 5. The van der Waals surface area contributed by atoms with Crippen molar-refractivity contribution >= 4 is 15.7 Å². The average Bonchev–Trinajstić information content (AvgIpc) is 2.24. The lowest BCUT2D eigenvalue weighted by molar-refractivity contribution is 0.381. The summed E-state index contributed by atoms with van der Waals surface area (Å²) in [6.07, 6.45) is 0. The molecule has 0 fully saturated rings. The minimum atomic E-state index is -3.50. The third-order valence-corrected chi connectivity index (χ3v) is 4.92. The van der Waals surface area contributed by atoms with Crippen molar-refractivity contribution < 1.29 is 8.42 Å². The molecule has 0 aliphatic rings. The van der Waals surface area contributed by atoms with E-state index in [-0.39, 0.29) is 10.8 Å². The standard InChI is InChI=1S/C13H22N2O2S/c1-5-15(9-10(2)3)18(16,17)13-11(4)7-6-8-12(13)14/h6-8,10H,5,9,14H2,1-4H3. The van der Waals surface area contributed by atoms with Crippen LogP contribution in [0.1, 0.15) is 26.3 Å². The normalized spacial score (nSPS) is 12.3. The highest BCUT2D eigenvalue weighted by Crippen LogP contribution is 2.26. The number of nitrogen functional groups attached to an aromatic ring is 1. The fourth-order valence-corrected chi connectivity index (χ4v) is 3.89. The van der Waals surface area contributed by atoms with Crippen molar-refractivity contribution in [3.05, 3.63) is 23.8 Å². The van der Waals surface area contributed by atoms with E-state index < -0.39 is 10.0 Å². The van der Waals surface area contributed by atoms with Gasteiger partial charge in [0.1, 0.15) is 4.90 Å². The van der Waals surface area contributed by atoms with E-state index in [1.807, 2.05) is 20.8 Å². The number of sulfonamides is 1. The van der Waals surface area contributed by atoms with Crippen LogP contribution in [0.4, 0.5) is 5.69 Å². The molecule has 0 aliphatic carbocycles. The summed E-state index contributed by atoms with van der Waals surface area (Å²) in [6.45, 7) is 8.57. The maximum atomic E-state index is 12.6. The molecular weight excluding hydrogens is 248 g/mol. The number of aryl methyl sites for hydroxylation is 1. The second-order valence-electron chi connectivity index (χ2n) is 4.84. The van der Waals surface area contributed by atoms with Crippen molar-refractivity contribution in [3.63, 3.8) is 0 Å². The lowest BCUT2D eigenvalue weighted by atomic mass is 10.2. The smallest absolute Gasteiger partial charge is 0.245 e. The van der Waals surface area contributed by atoms with Gasteiger partial charge in [0.15, 0.2) is 0 Å². The Hall–Kier alpha value is -1.07. The molecule has 0 heterocycles. The van der Waals surface area contributed by atoms with Gasteiger partial charge in [0.05, 0.1) is 5.69 Å². The molecular formula is C13H22N2O2S. The van der Waals surface area contributed by atoms with Crippen LogP contribution in [-0.4, -0.2) is 25.8 Å². The van der Waals surface area contributed by atoms with E-state index in [4.69, 9.17) is 5.73 Å². The van der Waals surface area contributed by atoms with E-state index in [1.54, 1.807) is 25.1 Å². The minimum Gasteiger partial charge on any atom is -0.398 e. The van der Waals surface area contributed by atoms with Crippen LogP contribution in [0.25, 0.3) is 0 Å². The molecule has 102 valence electrons. The fourth-order valence-electron chi connectivity index (χ4n) is 1.96. The highest BCUT2D eigenvalue weighted by molar-refractivity contribution is 7.89. The second-order valence-corrected chi connectivity index (χ2v) is 6.72. The van der Waals surface area contributed by atoms with Gasteiger partial charge in [-0.3, -0.25) is 0 Å². The molecule has 1 rings (SSSR count). The third kappa shape index (κ3) is 3.03. The molecule has 0 unspecified atom stereocenters. The number of nitrogens with zero attached hydrogens (tertiary/aromatic N) is 1. The van der Waals surface area contributed by atoms with E-state index in [0.29, 0.717) is 24.3 Å². The Morgan fingerprint density at radius 2 is 1.94 bits per heavy atom. The number of benzene rings is 1. The highest BCUT2D eigenvalue weighted by atomic mass is 32.2. The lowest BCUT2D eigenvalue weighted by Crippen LogP contribution is -2.34. The second kappa shape index (κ2) is 5.71. The molecule has 0 radical (unpaired) electrons. The van der Waals surface area contributed by atoms with Gasteiger partial charge in [-0.25, -0.2) is 8.42 Å². The number of anilines is 1. The monoisotopic (exact) mass is 270 g/mol. The molecule has 5 heteroatoms. The quantitative estimate of drug-likeness (QED) is 0.835. The van der Waals surface area contributed by atoms with Crippen molar-refractivity contribution in [2.75, 3.05) is 18.8 Å². The zero-order valence-electron chi connectivity index (χ0n) is 11.5. The topological polar surface area (TPSA) is 63.4 Å². The van der Waals surface area contributed by atoms with Crippen molar-refractivity contribution in [3.8, 4) is 0 Å². The summed E-state index contributed by atoms with van der Waals surface area (Å²) < 4.78 is 26.7. The van der Waals surface area contributed by atoms with Gasteiger partial charge < -0.3 is 5.73 Å². The fraction of sp³-hybridized carbons (Fsp3) is 0.538. The molecule has 0 saturated heterocycles. The van der Waals surface area contributed by atoms with Gasteiger partial charge in [0.2, 0.25) is 10.0 Å². The SMILES string of the molecule is CCN(CC(C)C)S(=O)(=O)c1c(C)cccc1N. The largest absolute Gasteiger partial charge is 0.398 e. The molecule has 18 heavy (non-hydrogen) atoms. The van der Waals surface area contributed by atoms with Crippen LogP contribution in [0.3, 0.4) is 0 Å². The summed E-state index contributed by atoms with van der Waals surface area (Å²) in [5, 5.41) is 0. The van der Waals surface area contributed by atoms with Crippen molar-refractivity contribution in [1.82, 2.24) is 4.31 Å². The Kier molecular flexibility index (Phi) is 4.76. The molecule has 4 nitrogen and oxygen atoms in total. The number of hydrogen-bond acceptors (Lipinski definition) is 3. The zero-order valence-corrected chi connectivity index (χ0v) is 12.3. The summed E-state index contributed by atoms with van der Waals surface area (Å²) in [5.74, 6) is 0.282. The minimum absolute atomic E-state index is 0.243. The van der Waals surface area contributed by atoms with Crippen molar-refractivity contribution in [1.29, 1.82) is 0 Å². The summed E-state index contributed by atoms with van der Waals surface area (Å²) in [6, 6.07) is 5.16. The summed E-state index contributed by atoms with van der Waals surface area (Å²) in [5.41, 5.74) is 6.83. The molecule has 0 atom stereocenters. The molecule has 0 amide bonds. The Bertz CT molecular complexity index is 489. The van der Waals surface area contributed by atoms with Gasteiger partial charge in [-0.2, -0.15) is 4.31 Å². The van der Waals surface area contributed by atoms with Gasteiger partial charge in [-0.1, -0.05) is 32.9 Å². The Labute approximate surface area is 110 Å². The van der Waals surface area contributed by atoms with E-state index in [1.165, 1.54) is 4.31 Å². The van der Waals surface area contributed by atoms with Crippen LogP contribution >= 0.6 is 0 Å². The molecule has 0 aliphatic heterocycles. The lowest BCUT2D eigenvalue weighted by Gasteiger charge is -2.24. The Morgan fingerprint density at radius 3 is 2.39 bits per heavy atom. The molecule has 0 bridgehead atoms. The maximum absolute atomic E-state index is 12.6. The first-order valence-corrected chi connectivity index (χ1v) is 7.60. The Morgan fingerprint density at radius 1 is 1.33 bits per heavy atom. The molecule has 0 saturated carbocycles. The van der Waals surface area contributed by atoms with E-state index >= 15 is 0 Å². The molecule has 0 aromatic heterocycles. The molecule has 1 aromatic carbocycles.